The van der Waals surface area contributed by atoms with Crippen LogP contribution in [0.3, 0.4) is 0 Å². The molecule has 2 aromatic carbocycles. The van der Waals surface area contributed by atoms with Gasteiger partial charge in [-0.15, -0.1) is 0 Å². The first-order valence-corrected chi connectivity index (χ1v) is 10.1. The molecule has 5 heteroatoms. The van der Waals surface area contributed by atoms with Crippen molar-refractivity contribution < 1.29 is 8.42 Å². The molecule has 0 saturated heterocycles. The first-order valence-electron chi connectivity index (χ1n) is 5.77. The quantitative estimate of drug-likeness (QED) is 0.799. The Morgan fingerprint density at radius 1 is 1.05 bits per heavy atom. The fourth-order valence-electron chi connectivity index (χ4n) is 1.65. The maximum absolute atomic E-state index is 11.2. The number of primary sulfonamides is 1. The van der Waals surface area contributed by atoms with Gasteiger partial charge in [0.15, 0.2) is 0 Å². The summed E-state index contributed by atoms with van der Waals surface area (Å²) in [6.45, 7) is 2.13. The van der Waals surface area contributed by atoms with Crippen LogP contribution >= 0.6 is 0 Å². The number of rotatable bonds is 4. The van der Waals surface area contributed by atoms with Crippen molar-refractivity contribution in [1.29, 1.82) is 0 Å². The fraction of sp³-hybridized carbons (Fsp3) is 0.143. The Morgan fingerprint density at radius 3 is 2.26 bits per heavy atom. The van der Waals surface area contributed by atoms with Crippen molar-refractivity contribution in [1.82, 2.24) is 0 Å². The van der Waals surface area contributed by atoms with E-state index in [1.54, 1.807) is 12.1 Å². The van der Waals surface area contributed by atoms with E-state index in [9.17, 15) is 8.42 Å². The Bertz CT molecular complexity index is 666. The Balaban J connectivity index is 2.07. The second kappa shape index (κ2) is 6.06. The van der Waals surface area contributed by atoms with E-state index >= 15 is 0 Å². The Hall–Kier alpha value is -0.860. The van der Waals surface area contributed by atoms with Crippen LogP contribution in [0.15, 0.2) is 53.4 Å². The fourth-order valence-corrected chi connectivity index (χ4v) is 4.98. The number of hydrogen-bond acceptors (Lipinski definition) is 2. The summed E-state index contributed by atoms with van der Waals surface area (Å²) in [6.07, 6.45) is 0. The molecule has 0 bridgehead atoms. The molecule has 0 atom stereocenters. The summed E-state index contributed by atoms with van der Waals surface area (Å²) < 4.78 is 24.8. The van der Waals surface area contributed by atoms with Crippen molar-refractivity contribution in [3.63, 3.8) is 0 Å². The molecule has 100 valence electrons. The van der Waals surface area contributed by atoms with Crippen molar-refractivity contribution in [2.75, 3.05) is 0 Å². The number of nitrogens with two attached hydrogens (primary N) is 1. The predicted octanol–water partition coefficient (Wildman–Crippen LogP) is 1.17. The summed E-state index contributed by atoms with van der Waals surface area (Å²) in [5, 5.41) is 5.07. The van der Waals surface area contributed by atoms with Gasteiger partial charge >= 0.3 is 124 Å². The average Bonchev–Trinajstić information content (AvgIpc) is 2.37. The van der Waals surface area contributed by atoms with Gasteiger partial charge in [0.2, 0.25) is 0 Å². The number of sulfonamides is 1. The minimum atomic E-state index is -3.58. The topological polar surface area (TPSA) is 60.2 Å². The van der Waals surface area contributed by atoms with Crippen molar-refractivity contribution in [2.45, 2.75) is 16.3 Å². The van der Waals surface area contributed by atoms with Gasteiger partial charge in [0.05, 0.1) is 0 Å². The Labute approximate surface area is 124 Å². The molecule has 0 aromatic heterocycles. The summed E-state index contributed by atoms with van der Waals surface area (Å²) in [7, 11) is -3.58. The summed E-state index contributed by atoms with van der Waals surface area (Å²) in [4.78, 5) is 0.174. The summed E-state index contributed by atoms with van der Waals surface area (Å²) in [5.74, 6) is 0. The maximum atomic E-state index is 11.2. The van der Waals surface area contributed by atoms with Gasteiger partial charge in [-0.2, -0.15) is 0 Å². The van der Waals surface area contributed by atoms with E-state index in [0.717, 1.165) is 10.0 Å². The first kappa shape index (κ1) is 14.5. The van der Waals surface area contributed by atoms with Crippen molar-refractivity contribution in [2.24, 2.45) is 5.14 Å². The molecular formula is C14H15NO2STe. The van der Waals surface area contributed by atoms with Crippen LogP contribution in [0.4, 0.5) is 0 Å². The second-order valence-corrected chi connectivity index (χ2v) is 8.71. The van der Waals surface area contributed by atoms with Crippen molar-refractivity contribution in [3.05, 3.63) is 59.7 Å². The van der Waals surface area contributed by atoms with Crippen LogP contribution in [0.1, 0.15) is 11.1 Å². The van der Waals surface area contributed by atoms with Gasteiger partial charge in [-0.25, -0.2) is 0 Å². The van der Waals surface area contributed by atoms with E-state index in [2.05, 4.69) is 25.1 Å². The third-order valence-corrected chi connectivity index (χ3v) is 7.23. The molecular weight excluding hydrogens is 374 g/mol. The van der Waals surface area contributed by atoms with Gasteiger partial charge in [0, 0.05) is 0 Å². The second-order valence-electron chi connectivity index (χ2n) is 4.24. The zero-order valence-electron chi connectivity index (χ0n) is 10.5. The van der Waals surface area contributed by atoms with Crippen molar-refractivity contribution >= 4 is 34.6 Å². The van der Waals surface area contributed by atoms with Crippen LogP contribution in [-0.4, -0.2) is 29.3 Å². The van der Waals surface area contributed by atoms with Gasteiger partial charge < -0.3 is 0 Å². The van der Waals surface area contributed by atoms with Crippen molar-refractivity contribution in [3.8, 4) is 0 Å². The third kappa shape index (κ3) is 4.05. The molecule has 0 aliphatic carbocycles. The molecule has 0 heterocycles. The molecule has 3 nitrogen and oxygen atoms in total. The standard InChI is InChI=1S/C14H15NO2STe/c1-11-4-2-3-5-14(11)19-10-12-6-8-13(9-7-12)18(15,16)17/h2-9H,10H2,1H3,(H2,15,16,17). The number of benzene rings is 2. The Morgan fingerprint density at radius 2 is 1.68 bits per heavy atom. The summed E-state index contributed by atoms with van der Waals surface area (Å²) >= 11 is -0.282. The molecule has 0 saturated carbocycles. The van der Waals surface area contributed by atoms with Crippen LogP contribution in [0.2, 0.25) is 0 Å². The van der Waals surface area contributed by atoms with Crippen LogP contribution in [0.25, 0.3) is 0 Å². The first-order chi connectivity index (χ1) is 8.97. The number of aryl methyl sites for hydroxylation is 1. The van der Waals surface area contributed by atoms with Crippen LogP contribution in [0, 0.1) is 6.92 Å². The van der Waals surface area contributed by atoms with Crippen LogP contribution < -0.4 is 8.75 Å². The Kier molecular flexibility index (Phi) is 4.64. The van der Waals surface area contributed by atoms with E-state index in [-0.39, 0.29) is 25.8 Å². The molecule has 2 rings (SSSR count). The SMILES string of the molecule is Cc1ccccc1[Te]Cc1ccc(S(N)(=O)=O)cc1. The van der Waals surface area contributed by atoms with Gasteiger partial charge in [0.1, 0.15) is 0 Å². The van der Waals surface area contributed by atoms with E-state index in [1.807, 2.05) is 18.2 Å². The van der Waals surface area contributed by atoms with Gasteiger partial charge in [0.25, 0.3) is 0 Å². The summed E-state index contributed by atoms with van der Waals surface area (Å²) in [6, 6.07) is 15.3. The molecule has 0 amide bonds. The van der Waals surface area contributed by atoms with Gasteiger partial charge in [-0.1, -0.05) is 0 Å². The molecule has 19 heavy (non-hydrogen) atoms. The molecule has 0 spiro atoms. The zero-order valence-corrected chi connectivity index (χ0v) is 13.7. The normalized spacial score (nSPS) is 11.5. The van der Waals surface area contributed by atoms with Gasteiger partial charge in [-0.3, -0.25) is 0 Å². The predicted molar refractivity (Wildman–Crippen MR) is 78.1 cm³/mol. The van der Waals surface area contributed by atoms with E-state index in [4.69, 9.17) is 5.14 Å². The average molecular weight is 389 g/mol. The molecule has 2 aromatic rings. The minimum absolute atomic E-state index is 0.174. The van der Waals surface area contributed by atoms with E-state index < -0.39 is 10.0 Å². The van der Waals surface area contributed by atoms with Gasteiger partial charge in [-0.05, 0) is 0 Å². The number of hydrogen-bond donors (Lipinski definition) is 1. The van der Waals surface area contributed by atoms with Crippen LogP contribution in [0.5, 0.6) is 0 Å². The summed E-state index contributed by atoms with van der Waals surface area (Å²) in [5.41, 5.74) is 2.50. The third-order valence-electron chi connectivity index (χ3n) is 2.74. The monoisotopic (exact) mass is 391 g/mol. The molecule has 0 aliphatic heterocycles. The van der Waals surface area contributed by atoms with E-state index in [0.29, 0.717) is 0 Å². The molecule has 0 fully saturated rings. The molecule has 0 aliphatic rings. The molecule has 0 unspecified atom stereocenters. The van der Waals surface area contributed by atoms with Crippen LogP contribution in [-0.2, 0) is 14.5 Å². The zero-order chi connectivity index (χ0) is 13.9. The van der Waals surface area contributed by atoms with E-state index in [1.165, 1.54) is 9.17 Å². The molecule has 2 N–H and O–H groups in total. The molecule has 0 radical (unpaired) electrons.